The van der Waals surface area contributed by atoms with Gasteiger partial charge in [0.1, 0.15) is 0 Å². The van der Waals surface area contributed by atoms with Gasteiger partial charge in [0, 0.05) is 32.6 Å². The number of carbonyl (C=O) groups is 1. The Morgan fingerprint density at radius 3 is 2.70 bits per heavy atom. The zero-order valence-electron chi connectivity index (χ0n) is 14.0. The standard InChI is InChI=1S/C18H25N3OS/c1-3-5-9-16(22)20-10-12-21(13-11-20)18-19-17-14(4-2)7-6-8-15(17)23-18/h6-8H,3-5,9-13H2,1-2H3. The molecule has 1 amide bonds. The van der Waals surface area contributed by atoms with E-state index < -0.39 is 0 Å². The van der Waals surface area contributed by atoms with Gasteiger partial charge in [0.2, 0.25) is 5.91 Å². The minimum Gasteiger partial charge on any atom is -0.345 e. The first-order valence-electron chi connectivity index (χ1n) is 8.64. The van der Waals surface area contributed by atoms with Gasteiger partial charge in [-0.3, -0.25) is 4.79 Å². The number of carbonyl (C=O) groups excluding carboxylic acids is 1. The van der Waals surface area contributed by atoms with Crippen molar-refractivity contribution < 1.29 is 4.79 Å². The Kier molecular flexibility index (Phi) is 5.16. The van der Waals surface area contributed by atoms with Crippen molar-refractivity contribution in [2.45, 2.75) is 39.5 Å². The summed E-state index contributed by atoms with van der Waals surface area (Å²) in [5.41, 5.74) is 2.47. The lowest BCUT2D eigenvalue weighted by Crippen LogP contribution is -2.48. The highest BCUT2D eigenvalue weighted by atomic mass is 32.1. The molecule has 1 aromatic heterocycles. The summed E-state index contributed by atoms with van der Waals surface area (Å²) in [6.45, 7) is 7.72. The molecular formula is C18H25N3OS. The number of nitrogens with zero attached hydrogens (tertiary/aromatic N) is 3. The van der Waals surface area contributed by atoms with Crippen molar-refractivity contribution in [2.75, 3.05) is 31.1 Å². The first-order chi connectivity index (χ1) is 11.2. The van der Waals surface area contributed by atoms with E-state index >= 15 is 0 Å². The molecule has 1 aliphatic rings. The van der Waals surface area contributed by atoms with Gasteiger partial charge >= 0.3 is 0 Å². The van der Waals surface area contributed by atoms with Crippen LogP contribution in [0, 0.1) is 0 Å². The zero-order valence-corrected chi connectivity index (χ0v) is 14.9. The summed E-state index contributed by atoms with van der Waals surface area (Å²) in [6, 6.07) is 6.43. The van der Waals surface area contributed by atoms with E-state index in [1.165, 1.54) is 10.3 Å². The molecule has 5 heteroatoms. The number of amides is 1. The Hall–Kier alpha value is -1.62. The van der Waals surface area contributed by atoms with Crippen molar-refractivity contribution >= 4 is 32.6 Å². The Morgan fingerprint density at radius 1 is 1.22 bits per heavy atom. The smallest absolute Gasteiger partial charge is 0.222 e. The van der Waals surface area contributed by atoms with Crippen molar-refractivity contribution in [3.05, 3.63) is 23.8 Å². The number of anilines is 1. The molecule has 0 unspecified atom stereocenters. The van der Waals surface area contributed by atoms with Crippen LogP contribution in [-0.2, 0) is 11.2 Å². The van der Waals surface area contributed by atoms with E-state index in [0.717, 1.165) is 56.1 Å². The molecule has 23 heavy (non-hydrogen) atoms. The lowest BCUT2D eigenvalue weighted by molar-refractivity contribution is -0.131. The fourth-order valence-electron chi connectivity index (χ4n) is 3.05. The molecule has 0 bridgehead atoms. The van der Waals surface area contributed by atoms with Crippen molar-refractivity contribution in [2.24, 2.45) is 0 Å². The van der Waals surface area contributed by atoms with Crippen LogP contribution < -0.4 is 4.90 Å². The Labute approximate surface area is 142 Å². The van der Waals surface area contributed by atoms with Crippen LogP contribution in [0.1, 0.15) is 38.7 Å². The first-order valence-corrected chi connectivity index (χ1v) is 9.45. The number of fused-ring (bicyclic) bond motifs is 1. The first kappa shape index (κ1) is 16.2. The molecule has 0 aliphatic carbocycles. The van der Waals surface area contributed by atoms with Crippen molar-refractivity contribution in [1.29, 1.82) is 0 Å². The molecule has 0 spiro atoms. The SMILES string of the molecule is CCCCC(=O)N1CCN(c2nc3c(CC)cccc3s2)CC1. The van der Waals surface area contributed by atoms with E-state index in [1.54, 1.807) is 11.3 Å². The summed E-state index contributed by atoms with van der Waals surface area (Å²) in [7, 11) is 0. The monoisotopic (exact) mass is 331 g/mol. The lowest BCUT2D eigenvalue weighted by Gasteiger charge is -2.34. The maximum atomic E-state index is 12.1. The maximum absolute atomic E-state index is 12.1. The second kappa shape index (κ2) is 7.30. The van der Waals surface area contributed by atoms with Crippen LogP contribution in [0.15, 0.2) is 18.2 Å². The summed E-state index contributed by atoms with van der Waals surface area (Å²) < 4.78 is 1.26. The molecule has 124 valence electrons. The molecule has 0 radical (unpaired) electrons. The molecule has 1 saturated heterocycles. The van der Waals surface area contributed by atoms with Gasteiger partial charge in [-0.25, -0.2) is 4.98 Å². The van der Waals surface area contributed by atoms with Gasteiger partial charge < -0.3 is 9.80 Å². The quantitative estimate of drug-likeness (QED) is 0.838. The number of hydrogen-bond donors (Lipinski definition) is 0. The van der Waals surface area contributed by atoms with Gasteiger partial charge in [0.15, 0.2) is 5.13 Å². The topological polar surface area (TPSA) is 36.4 Å². The van der Waals surface area contributed by atoms with Gasteiger partial charge in [-0.15, -0.1) is 0 Å². The van der Waals surface area contributed by atoms with E-state index in [-0.39, 0.29) is 0 Å². The highest BCUT2D eigenvalue weighted by Crippen LogP contribution is 2.31. The summed E-state index contributed by atoms with van der Waals surface area (Å²) in [6.07, 6.45) is 3.78. The van der Waals surface area contributed by atoms with Crippen LogP contribution in [0.3, 0.4) is 0 Å². The van der Waals surface area contributed by atoms with Gasteiger partial charge in [-0.1, -0.05) is 43.7 Å². The normalized spacial score (nSPS) is 15.4. The highest BCUT2D eigenvalue weighted by molar-refractivity contribution is 7.22. The number of aromatic nitrogens is 1. The number of rotatable bonds is 5. The fraction of sp³-hybridized carbons (Fsp3) is 0.556. The minimum atomic E-state index is 0.309. The third kappa shape index (κ3) is 3.50. The van der Waals surface area contributed by atoms with E-state index in [2.05, 4.69) is 36.9 Å². The Balaban J connectivity index is 1.67. The second-order valence-corrected chi connectivity index (χ2v) is 7.09. The largest absolute Gasteiger partial charge is 0.345 e. The summed E-state index contributed by atoms with van der Waals surface area (Å²) >= 11 is 1.77. The fourth-order valence-corrected chi connectivity index (χ4v) is 4.11. The number of aryl methyl sites for hydroxylation is 1. The van der Waals surface area contributed by atoms with Crippen molar-refractivity contribution in [3.63, 3.8) is 0 Å². The molecular weight excluding hydrogens is 306 g/mol. The second-order valence-electron chi connectivity index (χ2n) is 6.09. The molecule has 0 atom stereocenters. The van der Waals surface area contributed by atoms with Gasteiger partial charge in [-0.05, 0) is 24.5 Å². The molecule has 0 N–H and O–H groups in total. The highest BCUT2D eigenvalue weighted by Gasteiger charge is 2.22. The van der Waals surface area contributed by atoms with Crippen molar-refractivity contribution in [3.8, 4) is 0 Å². The van der Waals surface area contributed by atoms with E-state index in [1.807, 2.05) is 4.90 Å². The number of unbranched alkanes of at least 4 members (excludes halogenated alkanes) is 1. The molecule has 3 rings (SSSR count). The summed E-state index contributed by atoms with van der Waals surface area (Å²) in [4.78, 5) is 21.3. The molecule has 4 nitrogen and oxygen atoms in total. The van der Waals surface area contributed by atoms with Crippen LogP contribution >= 0.6 is 11.3 Å². The number of hydrogen-bond acceptors (Lipinski definition) is 4. The molecule has 1 aromatic carbocycles. The number of para-hydroxylation sites is 1. The lowest BCUT2D eigenvalue weighted by atomic mass is 10.1. The van der Waals surface area contributed by atoms with Crippen LogP contribution in [0.2, 0.25) is 0 Å². The number of piperazine rings is 1. The van der Waals surface area contributed by atoms with E-state index in [9.17, 15) is 4.79 Å². The van der Waals surface area contributed by atoms with E-state index in [0.29, 0.717) is 12.3 Å². The van der Waals surface area contributed by atoms with Crippen LogP contribution in [0.4, 0.5) is 5.13 Å². The van der Waals surface area contributed by atoms with Crippen LogP contribution in [-0.4, -0.2) is 42.0 Å². The van der Waals surface area contributed by atoms with Gasteiger partial charge in [0.25, 0.3) is 0 Å². The van der Waals surface area contributed by atoms with Crippen molar-refractivity contribution in [1.82, 2.24) is 9.88 Å². The molecule has 2 heterocycles. The third-order valence-electron chi connectivity index (χ3n) is 4.52. The van der Waals surface area contributed by atoms with Crippen LogP contribution in [0.5, 0.6) is 0 Å². The number of benzene rings is 1. The third-order valence-corrected chi connectivity index (χ3v) is 5.60. The number of thiazole rings is 1. The van der Waals surface area contributed by atoms with Gasteiger partial charge in [-0.2, -0.15) is 0 Å². The predicted octanol–water partition coefficient (Wildman–Crippen LogP) is 3.70. The molecule has 1 aliphatic heterocycles. The average molecular weight is 331 g/mol. The average Bonchev–Trinajstić information content (AvgIpc) is 3.04. The minimum absolute atomic E-state index is 0.309. The predicted molar refractivity (Wildman–Crippen MR) is 97.3 cm³/mol. The Morgan fingerprint density at radius 2 is 2.00 bits per heavy atom. The summed E-state index contributed by atoms with van der Waals surface area (Å²) in [5, 5.41) is 1.10. The molecule has 2 aromatic rings. The molecule has 1 fully saturated rings. The Bertz CT molecular complexity index is 674. The van der Waals surface area contributed by atoms with Crippen LogP contribution in [0.25, 0.3) is 10.2 Å². The summed E-state index contributed by atoms with van der Waals surface area (Å²) in [5.74, 6) is 0.309. The molecule has 0 saturated carbocycles. The van der Waals surface area contributed by atoms with Gasteiger partial charge in [0.05, 0.1) is 10.2 Å². The van der Waals surface area contributed by atoms with E-state index in [4.69, 9.17) is 4.98 Å². The zero-order chi connectivity index (χ0) is 16.2. The maximum Gasteiger partial charge on any atom is 0.222 e.